The van der Waals surface area contributed by atoms with Gasteiger partial charge in [0.25, 0.3) is 0 Å². The number of methoxy groups -OCH3 is 1. The molecule has 1 atom stereocenters. The zero-order valence-corrected chi connectivity index (χ0v) is 12.5. The van der Waals surface area contributed by atoms with Gasteiger partial charge in [0.05, 0.1) is 6.61 Å². The fourth-order valence-electron chi connectivity index (χ4n) is 3.02. The van der Waals surface area contributed by atoms with E-state index in [0.717, 1.165) is 12.5 Å². The SMILES string of the molecule is COCC(NC1CCN(C(C)(C)C)CC1)C1CC1. The first-order valence-electron chi connectivity index (χ1n) is 7.50. The number of rotatable bonds is 5. The molecule has 1 saturated heterocycles. The van der Waals surface area contributed by atoms with Gasteiger partial charge in [-0.3, -0.25) is 4.90 Å². The van der Waals surface area contributed by atoms with Crippen LogP contribution in [0.3, 0.4) is 0 Å². The standard InChI is InChI=1S/C15H30N2O/c1-15(2,3)17-9-7-13(8-10-17)16-14(11-18-4)12-5-6-12/h12-14,16H,5-11H2,1-4H3. The highest BCUT2D eigenvalue weighted by atomic mass is 16.5. The second kappa shape index (κ2) is 5.89. The smallest absolute Gasteiger partial charge is 0.0618 e. The molecular weight excluding hydrogens is 224 g/mol. The molecule has 0 radical (unpaired) electrons. The molecule has 1 aliphatic heterocycles. The van der Waals surface area contributed by atoms with Crippen LogP contribution >= 0.6 is 0 Å². The lowest BCUT2D eigenvalue weighted by Crippen LogP contribution is -2.52. The molecule has 1 heterocycles. The first-order valence-corrected chi connectivity index (χ1v) is 7.50. The van der Waals surface area contributed by atoms with Gasteiger partial charge in [-0.2, -0.15) is 0 Å². The topological polar surface area (TPSA) is 24.5 Å². The molecule has 0 aromatic carbocycles. The van der Waals surface area contributed by atoms with Crippen molar-refractivity contribution >= 4 is 0 Å². The molecule has 0 spiro atoms. The predicted molar refractivity (Wildman–Crippen MR) is 75.9 cm³/mol. The van der Waals surface area contributed by atoms with Crippen LogP contribution in [-0.2, 0) is 4.74 Å². The first-order chi connectivity index (χ1) is 8.50. The quantitative estimate of drug-likeness (QED) is 0.814. The van der Waals surface area contributed by atoms with Gasteiger partial charge in [-0.25, -0.2) is 0 Å². The molecule has 106 valence electrons. The average molecular weight is 254 g/mol. The lowest BCUT2D eigenvalue weighted by Gasteiger charge is -2.41. The Bertz CT molecular complexity index is 250. The van der Waals surface area contributed by atoms with E-state index in [1.807, 2.05) is 7.11 Å². The second-order valence-corrected chi connectivity index (χ2v) is 7.00. The number of nitrogens with zero attached hydrogens (tertiary/aromatic N) is 1. The van der Waals surface area contributed by atoms with Crippen molar-refractivity contribution in [3.63, 3.8) is 0 Å². The summed E-state index contributed by atoms with van der Waals surface area (Å²) in [7, 11) is 1.82. The van der Waals surface area contributed by atoms with Crippen LogP contribution in [0.1, 0.15) is 46.5 Å². The number of hydrogen-bond donors (Lipinski definition) is 1. The number of nitrogens with one attached hydrogen (secondary N) is 1. The van der Waals surface area contributed by atoms with E-state index in [2.05, 4.69) is 31.0 Å². The van der Waals surface area contributed by atoms with Gasteiger partial charge >= 0.3 is 0 Å². The van der Waals surface area contributed by atoms with E-state index in [-0.39, 0.29) is 0 Å². The third-order valence-corrected chi connectivity index (χ3v) is 4.43. The van der Waals surface area contributed by atoms with E-state index in [1.165, 1.54) is 38.8 Å². The molecule has 1 saturated carbocycles. The zero-order chi connectivity index (χ0) is 13.2. The maximum absolute atomic E-state index is 5.35. The Hall–Kier alpha value is -0.120. The van der Waals surface area contributed by atoms with Crippen LogP contribution in [0.5, 0.6) is 0 Å². The molecule has 2 fully saturated rings. The molecule has 0 bridgehead atoms. The minimum absolute atomic E-state index is 0.327. The van der Waals surface area contributed by atoms with E-state index in [4.69, 9.17) is 4.74 Å². The molecule has 0 amide bonds. The van der Waals surface area contributed by atoms with Gasteiger partial charge in [-0.1, -0.05) is 0 Å². The summed E-state index contributed by atoms with van der Waals surface area (Å²) in [6.07, 6.45) is 5.35. The Morgan fingerprint density at radius 2 is 1.78 bits per heavy atom. The lowest BCUT2D eigenvalue weighted by molar-refractivity contribution is 0.0850. The number of hydrogen-bond acceptors (Lipinski definition) is 3. The van der Waals surface area contributed by atoms with Crippen LogP contribution in [0.4, 0.5) is 0 Å². The highest BCUT2D eigenvalue weighted by molar-refractivity contribution is 4.91. The Morgan fingerprint density at radius 3 is 2.22 bits per heavy atom. The van der Waals surface area contributed by atoms with Crippen LogP contribution < -0.4 is 5.32 Å². The summed E-state index contributed by atoms with van der Waals surface area (Å²) >= 11 is 0. The number of ether oxygens (including phenoxy) is 1. The Kier molecular flexibility index (Phi) is 4.68. The summed E-state index contributed by atoms with van der Waals surface area (Å²) in [5.74, 6) is 0.880. The van der Waals surface area contributed by atoms with Crippen molar-refractivity contribution in [3.05, 3.63) is 0 Å². The third-order valence-electron chi connectivity index (χ3n) is 4.43. The Labute approximate surface area is 112 Å². The van der Waals surface area contributed by atoms with Crippen molar-refractivity contribution in [1.29, 1.82) is 0 Å². The Morgan fingerprint density at radius 1 is 1.17 bits per heavy atom. The lowest BCUT2D eigenvalue weighted by atomic mass is 9.97. The van der Waals surface area contributed by atoms with Crippen LogP contribution in [0.15, 0.2) is 0 Å². The van der Waals surface area contributed by atoms with Gasteiger partial charge in [-0.15, -0.1) is 0 Å². The van der Waals surface area contributed by atoms with Crippen LogP contribution in [0.25, 0.3) is 0 Å². The molecule has 3 heteroatoms. The molecule has 18 heavy (non-hydrogen) atoms. The largest absolute Gasteiger partial charge is 0.383 e. The summed E-state index contributed by atoms with van der Waals surface area (Å²) in [6, 6.07) is 1.30. The molecule has 2 rings (SSSR count). The fourth-order valence-corrected chi connectivity index (χ4v) is 3.02. The van der Waals surface area contributed by atoms with Crippen LogP contribution in [0.2, 0.25) is 0 Å². The Balaban J connectivity index is 1.75. The van der Waals surface area contributed by atoms with E-state index in [0.29, 0.717) is 17.6 Å². The minimum Gasteiger partial charge on any atom is -0.383 e. The summed E-state index contributed by atoms with van der Waals surface area (Å²) in [6.45, 7) is 10.3. The molecule has 1 N–H and O–H groups in total. The third kappa shape index (κ3) is 3.94. The zero-order valence-electron chi connectivity index (χ0n) is 12.5. The average Bonchev–Trinajstić information content (AvgIpc) is 3.12. The minimum atomic E-state index is 0.327. The maximum atomic E-state index is 5.35. The predicted octanol–water partition coefficient (Wildman–Crippen LogP) is 2.26. The van der Waals surface area contributed by atoms with Crippen molar-refractivity contribution in [1.82, 2.24) is 10.2 Å². The van der Waals surface area contributed by atoms with Crippen molar-refractivity contribution in [3.8, 4) is 0 Å². The first kappa shape index (κ1) is 14.3. The highest BCUT2D eigenvalue weighted by Gasteiger charge is 2.34. The number of piperidine rings is 1. The molecule has 0 aromatic rings. The highest BCUT2D eigenvalue weighted by Crippen LogP contribution is 2.33. The van der Waals surface area contributed by atoms with Crippen molar-refractivity contribution < 1.29 is 4.74 Å². The van der Waals surface area contributed by atoms with Crippen molar-refractivity contribution in [2.24, 2.45) is 5.92 Å². The summed E-state index contributed by atoms with van der Waals surface area (Å²) in [4.78, 5) is 2.60. The van der Waals surface area contributed by atoms with Gasteiger partial charge in [0, 0.05) is 37.8 Å². The summed E-state index contributed by atoms with van der Waals surface area (Å²) in [5, 5.41) is 3.84. The maximum Gasteiger partial charge on any atom is 0.0618 e. The van der Waals surface area contributed by atoms with Gasteiger partial charge in [-0.05, 0) is 52.4 Å². The molecule has 2 aliphatic rings. The normalized spacial score (nSPS) is 25.3. The van der Waals surface area contributed by atoms with Crippen LogP contribution in [0, 0.1) is 5.92 Å². The van der Waals surface area contributed by atoms with E-state index >= 15 is 0 Å². The molecule has 1 unspecified atom stereocenters. The molecule has 1 aliphatic carbocycles. The monoisotopic (exact) mass is 254 g/mol. The summed E-state index contributed by atoms with van der Waals surface area (Å²) in [5.41, 5.74) is 0.327. The van der Waals surface area contributed by atoms with Gasteiger partial charge in [0.1, 0.15) is 0 Å². The molecule has 3 nitrogen and oxygen atoms in total. The van der Waals surface area contributed by atoms with E-state index in [9.17, 15) is 0 Å². The second-order valence-electron chi connectivity index (χ2n) is 7.00. The molecule has 0 aromatic heterocycles. The van der Waals surface area contributed by atoms with Gasteiger partial charge < -0.3 is 10.1 Å². The van der Waals surface area contributed by atoms with Gasteiger partial charge in [0.2, 0.25) is 0 Å². The number of likely N-dealkylation sites (tertiary alicyclic amines) is 1. The van der Waals surface area contributed by atoms with E-state index < -0.39 is 0 Å². The van der Waals surface area contributed by atoms with Crippen LogP contribution in [-0.4, -0.2) is 49.3 Å². The van der Waals surface area contributed by atoms with Crippen molar-refractivity contribution in [2.75, 3.05) is 26.8 Å². The molecular formula is C15H30N2O. The van der Waals surface area contributed by atoms with E-state index in [1.54, 1.807) is 0 Å². The fraction of sp³-hybridized carbons (Fsp3) is 1.00. The summed E-state index contributed by atoms with van der Waals surface area (Å²) < 4.78 is 5.35. The van der Waals surface area contributed by atoms with Crippen molar-refractivity contribution in [2.45, 2.75) is 64.1 Å². The van der Waals surface area contributed by atoms with Gasteiger partial charge in [0.15, 0.2) is 0 Å².